The van der Waals surface area contributed by atoms with Gasteiger partial charge in [-0.15, -0.1) is 0 Å². The molecular formula is C21H22N4OS. The molecule has 27 heavy (non-hydrogen) atoms. The molecule has 5 nitrogen and oxygen atoms in total. The summed E-state index contributed by atoms with van der Waals surface area (Å²) in [7, 11) is 0. The van der Waals surface area contributed by atoms with E-state index >= 15 is 0 Å². The van der Waals surface area contributed by atoms with Gasteiger partial charge in [0.25, 0.3) is 0 Å². The van der Waals surface area contributed by atoms with Gasteiger partial charge in [0.15, 0.2) is 0 Å². The molecule has 2 aromatic heterocycles. The van der Waals surface area contributed by atoms with Crippen molar-refractivity contribution in [2.45, 2.75) is 25.4 Å². The molecule has 2 heterocycles. The number of hydrogen-bond acceptors (Lipinski definition) is 5. The molecule has 0 radical (unpaired) electrons. The predicted molar refractivity (Wildman–Crippen MR) is 108 cm³/mol. The van der Waals surface area contributed by atoms with E-state index in [1.165, 1.54) is 11.8 Å². The maximum Gasteiger partial charge on any atom is 0.233 e. The van der Waals surface area contributed by atoms with E-state index in [-0.39, 0.29) is 5.91 Å². The summed E-state index contributed by atoms with van der Waals surface area (Å²) < 4.78 is 0. The molecule has 0 saturated heterocycles. The topological polar surface area (TPSA) is 59.0 Å². The summed E-state index contributed by atoms with van der Waals surface area (Å²) in [5.41, 5.74) is 2.71. The van der Waals surface area contributed by atoms with E-state index < -0.39 is 0 Å². The molecule has 0 fully saturated rings. The summed E-state index contributed by atoms with van der Waals surface area (Å²) in [6.45, 7) is 5.15. The lowest BCUT2D eigenvalue weighted by atomic mass is 10.2. The van der Waals surface area contributed by atoms with Crippen LogP contribution in [0.25, 0.3) is 11.4 Å². The first-order valence-electron chi connectivity index (χ1n) is 8.87. The number of carbonyl (C=O) groups is 1. The highest BCUT2D eigenvalue weighted by Crippen LogP contribution is 2.22. The number of rotatable bonds is 7. The number of aromatic nitrogens is 3. The molecule has 1 amide bonds. The van der Waals surface area contributed by atoms with Crippen molar-refractivity contribution in [3.8, 4) is 11.4 Å². The van der Waals surface area contributed by atoms with Crippen molar-refractivity contribution < 1.29 is 4.79 Å². The number of pyridine rings is 1. The van der Waals surface area contributed by atoms with Crippen LogP contribution in [0.4, 0.5) is 0 Å². The molecule has 3 rings (SSSR count). The zero-order chi connectivity index (χ0) is 19.1. The Balaban J connectivity index is 1.66. The summed E-state index contributed by atoms with van der Waals surface area (Å²) in [5.74, 6) is 1.12. The van der Waals surface area contributed by atoms with Crippen molar-refractivity contribution in [2.75, 3.05) is 12.3 Å². The molecule has 0 bridgehead atoms. The number of thioether (sulfide) groups is 1. The molecule has 3 aromatic rings. The van der Waals surface area contributed by atoms with Crippen LogP contribution >= 0.6 is 11.8 Å². The van der Waals surface area contributed by atoms with Crippen molar-refractivity contribution in [1.29, 1.82) is 0 Å². The normalized spacial score (nSPS) is 10.6. The van der Waals surface area contributed by atoms with Gasteiger partial charge in [0.1, 0.15) is 10.9 Å². The van der Waals surface area contributed by atoms with E-state index in [0.29, 0.717) is 24.7 Å². The summed E-state index contributed by atoms with van der Waals surface area (Å²) >= 11 is 1.44. The smallest absolute Gasteiger partial charge is 0.233 e. The largest absolute Gasteiger partial charge is 0.338 e. The molecule has 0 atom stereocenters. The predicted octanol–water partition coefficient (Wildman–Crippen LogP) is 3.99. The van der Waals surface area contributed by atoms with Gasteiger partial charge in [0.05, 0.1) is 17.1 Å². The molecule has 1 aromatic carbocycles. The van der Waals surface area contributed by atoms with Crippen molar-refractivity contribution in [2.24, 2.45) is 0 Å². The van der Waals surface area contributed by atoms with E-state index in [0.717, 1.165) is 22.0 Å². The van der Waals surface area contributed by atoms with Crippen LogP contribution in [-0.4, -0.2) is 38.1 Å². The zero-order valence-electron chi connectivity index (χ0n) is 15.5. The van der Waals surface area contributed by atoms with Gasteiger partial charge in [-0.05, 0) is 37.6 Å². The minimum Gasteiger partial charge on any atom is -0.338 e. The lowest BCUT2D eigenvalue weighted by molar-refractivity contribution is -0.128. The van der Waals surface area contributed by atoms with Crippen molar-refractivity contribution in [1.82, 2.24) is 19.9 Å². The number of aryl methyl sites for hydroxylation is 1. The Labute approximate surface area is 163 Å². The number of amides is 1. The third-order valence-electron chi connectivity index (χ3n) is 4.04. The molecule has 0 spiro atoms. The third-order valence-corrected chi connectivity index (χ3v) is 4.93. The van der Waals surface area contributed by atoms with Crippen molar-refractivity contribution in [3.05, 3.63) is 72.2 Å². The maximum atomic E-state index is 12.6. The van der Waals surface area contributed by atoms with Gasteiger partial charge in [-0.3, -0.25) is 9.78 Å². The SMILES string of the molecule is CCN(Cc1ccccc1)C(=O)CSc1cc(-c2ccccn2)nc(C)n1. The van der Waals surface area contributed by atoms with Gasteiger partial charge in [-0.25, -0.2) is 9.97 Å². The standard InChI is InChI=1S/C21H22N4OS/c1-3-25(14-17-9-5-4-6-10-17)21(26)15-27-20-13-19(23-16(2)24-20)18-11-7-8-12-22-18/h4-13H,3,14-15H2,1-2H3. The second-order valence-electron chi connectivity index (χ2n) is 6.04. The monoisotopic (exact) mass is 378 g/mol. The lowest BCUT2D eigenvalue weighted by Crippen LogP contribution is -2.31. The zero-order valence-corrected chi connectivity index (χ0v) is 16.3. The fraction of sp³-hybridized carbons (Fsp3) is 0.238. The van der Waals surface area contributed by atoms with Gasteiger partial charge < -0.3 is 4.90 Å². The first-order valence-corrected chi connectivity index (χ1v) is 9.86. The fourth-order valence-electron chi connectivity index (χ4n) is 2.67. The van der Waals surface area contributed by atoms with E-state index in [2.05, 4.69) is 15.0 Å². The number of carbonyl (C=O) groups excluding carboxylic acids is 1. The lowest BCUT2D eigenvalue weighted by Gasteiger charge is -2.20. The number of nitrogens with zero attached hydrogens (tertiary/aromatic N) is 4. The highest BCUT2D eigenvalue weighted by molar-refractivity contribution is 7.99. The van der Waals surface area contributed by atoms with Crippen molar-refractivity contribution >= 4 is 17.7 Å². The Kier molecular flexibility index (Phi) is 6.54. The highest BCUT2D eigenvalue weighted by atomic mass is 32.2. The first-order chi connectivity index (χ1) is 13.2. The summed E-state index contributed by atoms with van der Waals surface area (Å²) in [6, 6.07) is 17.6. The molecule has 0 aliphatic heterocycles. The quantitative estimate of drug-likeness (QED) is 0.460. The second kappa shape index (κ2) is 9.28. The van der Waals surface area contributed by atoms with Crippen LogP contribution in [0, 0.1) is 6.92 Å². The van der Waals surface area contributed by atoms with E-state index in [9.17, 15) is 4.79 Å². The highest BCUT2D eigenvalue weighted by Gasteiger charge is 2.14. The molecule has 6 heteroatoms. The van der Waals surface area contributed by atoms with Crippen LogP contribution in [0.15, 0.2) is 65.8 Å². The van der Waals surface area contributed by atoms with Gasteiger partial charge in [0.2, 0.25) is 5.91 Å². The van der Waals surface area contributed by atoms with Gasteiger partial charge in [-0.2, -0.15) is 0 Å². The van der Waals surface area contributed by atoms with Gasteiger partial charge in [0, 0.05) is 19.3 Å². The van der Waals surface area contributed by atoms with E-state index in [4.69, 9.17) is 0 Å². The Morgan fingerprint density at radius 2 is 1.81 bits per heavy atom. The Bertz CT molecular complexity index is 887. The molecule has 0 saturated carbocycles. The van der Waals surface area contributed by atoms with Crippen LogP contribution < -0.4 is 0 Å². The molecule has 0 aliphatic carbocycles. The Hall–Kier alpha value is -2.73. The number of hydrogen-bond donors (Lipinski definition) is 0. The average molecular weight is 379 g/mol. The van der Waals surface area contributed by atoms with Crippen LogP contribution in [-0.2, 0) is 11.3 Å². The van der Waals surface area contributed by atoms with Crippen molar-refractivity contribution in [3.63, 3.8) is 0 Å². The summed E-state index contributed by atoms with van der Waals surface area (Å²) in [4.78, 5) is 27.7. The van der Waals surface area contributed by atoms with E-state index in [1.807, 2.05) is 73.3 Å². The summed E-state index contributed by atoms with van der Waals surface area (Å²) in [6.07, 6.45) is 1.74. The van der Waals surface area contributed by atoms with Crippen LogP contribution in [0.1, 0.15) is 18.3 Å². The second-order valence-corrected chi connectivity index (χ2v) is 7.03. The fourth-order valence-corrected chi connectivity index (χ4v) is 3.51. The summed E-state index contributed by atoms with van der Waals surface area (Å²) in [5, 5.41) is 0.785. The van der Waals surface area contributed by atoms with Crippen LogP contribution in [0.3, 0.4) is 0 Å². The van der Waals surface area contributed by atoms with Crippen LogP contribution in [0.2, 0.25) is 0 Å². The first kappa shape index (κ1) is 19.0. The average Bonchev–Trinajstić information content (AvgIpc) is 2.71. The molecule has 0 aliphatic rings. The van der Waals surface area contributed by atoms with Gasteiger partial charge >= 0.3 is 0 Å². The third kappa shape index (κ3) is 5.37. The number of benzene rings is 1. The van der Waals surface area contributed by atoms with Gasteiger partial charge in [-0.1, -0.05) is 48.2 Å². The van der Waals surface area contributed by atoms with E-state index in [1.54, 1.807) is 6.20 Å². The minimum atomic E-state index is 0.0991. The molecule has 0 N–H and O–H groups in total. The molecule has 138 valence electrons. The minimum absolute atomic E-state index is 0.0991. The van der Waals surface area contributed by atoms with Crippen LogP contribution in [0.5, 0.6) is 0 Å². The maximum absolute atomic E-state index is 12.6. The Morgan fingerprint density at radius 1 is 1.04 bits per heavy atom. The molecule has 0 unspecified atom stereocenters. The molecular weight excluding hydrogens is 356 g/mol. The Morgan fingerprint density at radius 3 is 2.52 bits per heavy atom.